The van der Waals surface area contributed by atoms with Gasteiger partial charge in [-0.15, -0.1) is 0 Å². The molecule has 0 spiro atoms. The summed E-state index contributed by atoms with van der Waals surface area (Å²) in [6, 6.07) is 5.01. The SMILES string of the molecule is CC1CN(c2nc(C(F)F)nc3ccc(Cl)cc23)CCCO1. The van der Waals surface area contributed by atoms with Gasteiger partial charge < -0.3 is 9.64 Å². The Morgan fingerprint density at radius 3 is 2.95 bits per heavy atom. The average molecular weight is 328 g/mol. The van der Waals surface area contributed by atoms with Crippen LogP contribution >= 0.6 is 11.6 Å². The second-order valence-electron chi connectivity index (χ2n) is 5.35. The van der Waals surface area contributed by atoms with Gasteiger partial charge in [0.05, 0.1) is 11.6 Å². The first kappa shape index (κ1) is 15.4. The molecule has 1 atom stereocenters. The smallest absolute Gasteiger partial charge is 0.297 e. The molecule has 118 valence electrons. The molecule has 3 rings (SSSR count). The molecule has 1 saturated heterocycles. The number of nitrogens with zero attached hydrogens (tertiary/aromatic N) is 3. The number of benzene rings is 1. The molecule has 4 nitrogen and oxygen atoms in total. The quantitative estimate of drug-likeness (QED) is 0.840. The number of rotatable bonds is 2. The molecule has 0 bridgehead atoms. The highest BCUT2D eigenvalue weighted by Crippen LogP contribution is 2.30. The van der Waals surface area contributed by atoms with Crippen molar-refractivity contribution in [2.75, 3.05) is 24.6 Å². The first-order valence-electron chi connectivity index (χ1n) is 7.16. The minimum Gasteiger partial charge on any atom is -0.377 e. The summed E-state index contributed by atoms with van der Waals surface area (Å²) >= 11 is 6.05. The lowest BCUT2D eigenvalue weighted by molar-refractivity contribution is 0.0820. The molecule has 1 unspecified atom stereocenters. The van der Waals surface area contributed by atoms with E-state index >= 15 is 0 Å². The topological polar surface area (TPSA) is 38.2 Å². The van der Waals surface area contributed by atoms with Crippen molar-refractivity contribution >= 4 is 28.3 Å². The van der Waals surface area contributed by atoms with Crippen LogP contribution in [0.5, 0.6) is 0 Å². The Morgan fingerprint density at radius 2 is 2.18 bits per heavy atom. The first-order chi connectivity index (χ1) is 10.5. The zero-order valence-electron chi connectivity index (χ0n) is 12.1. The molecule has 7 heteroatoms. The monoisotopic (exact) mass is 327 g/mol. The molecular formula is C15H16ClF2N3O. The minimum absolute atomic E-state index is 0.0155. The second kappa shape index (κ2) is 6.30. The van der Waals surface area contributed by atoms with Gasteiger partial charge in [-0.25, -0.2) is 18.7 Å². The van der Waals surface area contributed by atoms with E-state index in [-0.39, 0.29) is 6.10 Å². The molecule has 0 radical (unpaired) electrons. The van der Waals surface area contributed by atoms with E-state index in [1.54, 1.807) is 18.2 Å². The molecule has 1 aliphatic rings. The summed E-state index contributed by atoms with van der Waals surface area (Å²) in [5.41, 5.74) is 0.475. The Hall–Kier alpha value is -1.53. The Labute approximate surface area is 132 Å². The molecule has 1 aliphatic heterocycles. The molecule has 22 heavy (non-hydrogen) atoms. The summed E-state index contributed by atoms with van der Waals surface area (Å²) in [7, 11) is 0. The number of alkyl halides is 2. The number of anilines is 1. The Morgan fingerprint density at radius 1 is 1.36 bits per heavy atom. The molecule has 0 N–H and O–H groups in total. The van der Waals surface area contributed by atoms with E-state index in [1.165, 1.54) is 0 Å². The summed E-state index contributed by atoms with van der Waals surface area (Å²) in [5.74, 6) is 0.0443. The van der Waals surface area contributed by atoms with Gasteiger partial charge in [-0.05, 0) is 31.5 Å². The number of aromatic nitrogens is 2. The molecule has 0 aliphatic carbocycles. The molecule has 0 saturated carbocycles. The normalized spacial score (nSPS) is 19.7. The number of hydrogen-bond donors (Lipinski definition) is 0. The third-order valence-corrected chi connectivity index (χ3v) is 3.84. The van der Waals surface area contributed by atoms with E-state index in [4.69, 9.17) is 16.3 Å². The number of halogens is 3. The summed E-state index contributed by atoms with van der Waals surface area (Å²) in [6.45, 7) is 3.92. The van der Waals surface area contributed by atoms with Crippen molar-refractivity contribution in [2.45, 2.75) is 25.9 Å². The molecule has 0 amide bonds. The van der Waals surface area contributed by atoms with E-state index in [9.17, 15) is 8.78 Å². The molecule has 1 aromatic heterocycles. The number of hydrogen-bond acceptors (Lipinski definition) is 4. The van der Waals surface area contributed by atoms with Crippen LogP contribution in [-0.4, -0.2) is 35.8 Å². The predicted molar refractivity (Wildman–Crippen MR) is 81.7 cm³/mol. The fourth-order valence-corrected chi connectivity index (χ4v) is 2.80. The van der Waals surface area contributed by atoms with Crippen LogP contribution in [0.1, 0.15) is 25.6 Å². The van der Waals surface area contributed by atoms with Crippen molar-refractivity contribution in [3.63, 3.8) is 0 Å². The highest BCUT2D eigenvalue weighted by molar-refractivity contribution is 6.31. The Kier molecular flexibility index (Phi) is 4.40. The number of fused-ring (bicyclic) bond motifs is 1. The lowest BCUT2D eigenvalue weighted by Crippen LogP contribution is -2.31. The van der Waals surface area contributed by atoms with Crippen molar-refractivity contribution in [2.24, 2.45) is 0 Å². The van der Waals surface area contributed by atoms with Crippen molar-refractivity contribution in [3.8, 4) is 0 Å². The summed E-state index contributed by atoms with van der Waals surface area (Å²) in [6.07, 6.45) is -1.87. The maximum Gasteiger partial charge on any atom is 0.297 e. The predicted octanol–water partition coefficient (Wildman–Crippen LogP) is 3.84. The fourth-order valence-electron chi connectivity index (χ4n) is 2.63. The van der Waals surface area contributed by atoms with Gasteiger partial charge in [0.15, 0.2) is 5.82 Å². The van der Waals surface area contributed by atoms with E-state index in [2.05, 4.69) is 9.97 Å². The summed E-state index contributed by atoms with van der Waals surface area (Å²) in [4.78, 5) is 10.0. The van der Waals surface area contributed by atoms with E-state index in [0.29, 0.717) is 41.4 Å². The zero-order chi connectivity index (χ0) is 15.7. The highest BCUT2D eigenvalue weighted by atomic mass is 35.5. The average Bonchev–Trinajstić information content (AvgIpc) is 2.70. The van der Waals surface area contributed by atoms with Gasteiger partial charge >= 0.3 is 0 Å². The summed E-state index contributed by atoms with van der Waals surface area (Å²) in [5, 5.41) is 1.22. The maximum absolute atomic E-state index is 13.1. The van der Waals surface area contributed by atoms with Crippen LogP contribution in [0, 0.1) is 0 Å². The summed E-state index contributed by atoms with van der Waals surface area (Å²) < 4.78 is 31.8. The van der Waals surface area contributed by atoms with Crippen LogP contribution in [0.2, 0.25) is 5.02 Å². The van der Waals surface area contributed by atoms with Gasteiger partial charge in [0, 0.05) is 30.1 Å². The van der Waals surface area contributed by atoms with Crippen molar-refractivity contribution in [1.82, 2.24) is 9.97 Å². The van der Waals surface area contributed by atoms with Crippen LogP contribution in [0.15, 0.2) is 18.2 Å². The maximum atomic E-state index is 13.1. The van der Waals surface area contributed by atoms with Crippen molar-refractivity contribution in [1.29, 1.82) is 0 Å². The lowest BCUT2D eigenvalue weighted by atomic mass is 10.2. The van der Waals surface area contributed by atoms with Crippen LogP contribution < -0.4 is 4.90 Å². The zero-order valence-corrected chi connectivity index (χ0v) is 12.9. The third-order valence-electron chi connectivity index (χ3n) is 3.60. The lowest BCUT2D eigenvalue weighted by Gasteiger charge is -2.25. The van der Waals surface area contributed by atoms with Gasteiger partial charge in [0.25, 0.3) is 6.43 Å². The minimum atomic E-state index is -2.71. The van der Waals surface area contributed by atoms with Crippen molar-refractivity contribution in [3.05, 3.63) is 29.0 Å². The van der Waals surface area contributed by atoms with E-state index in [1.807, 2.05) is 11.8 Å². The molecule has 1 aromatic carbocycles. The van der Waals surface area contributed by atoms with E-state index < -0.39 is 12.2 Å². The van der Waals surface area contributed by atoms with Gasteiger partial charge in [0.1, 0.15) is 5.82 Å². The third kappa shape index (κ3) is 3.13. The molecule has 2 aromatic rings. The van der Waals surface area contributed by atoms with Crippen LogP contribution in [0.25, 0.3) is 10.9 Å². The van der Waals surface area contributed by atoms with Crippen molar-refractivity contribution < 1.29 is 13.5 Å². The van der Waals surface area contributed by atoms with E-state index in [0.717, 1.165) is 6.42 Å². The number of ether oxygens (including phenoxy) is 1. The van der Waals surface area contributed by atoms with Crippen LogP contribution in [0.4, 0.5) is 14.6 Å². The largest absolute Gasteiger partial charge is 0.377 e. The Bertz CT molecular complexity index is 683. The van der Waals surface area contributed by atoms with Crippen LogP contribution in [-0.2, 0) is 4.74 Å². The molecule has 2 heterocycles. The van der Waals surface area contributed by atoms with Gasteiger partial charge in [0.2, 0.25) is 0 Å². The highest BCUT2D eigenvalue weighted by Gasteiger charge is 2.22. The fraction of sp³-hybridized carbons (Fsp3) is 0.467. The molecule has 1 fully saturated rings. The first-order valence-corrected chi connectivity index (χ1v) is 7.54. The van der Waals surface area contributed by atoms with Gasteiger partial charge in [-0.1, -0.05) is 11.6 Å². The van der Waals surface area contributed by atoms with Gasteiger partial charge in [-0.3, -0.25) is 0 Å². The van der Waals surface area contributed by atoms with Gasteiger partial charge in [-0.2, -0.15) is 0 Å². The molecular weight excluding hydrogens is 312 g/mol. The second-order valence-corrected chi connectivity index (χ2v) is 5.78. The van der Waals surface area contributed by atoms with Crippen LogP contribution in [0.3, 0.4) is 0 Å². The standard InChI is InChI=1S/C15H16ClF2N3O/c1-9-8-21(5-2-6-22-9)15-11-7-10(16)3-4-12(11)19-14(20-15)13(17)18/h3-4,7,9,13H,2,5-6,8H2,1H3. The Balaban J connectivity index is 2.14.